The van der Waals surface area contributed by atoms with Crippen molar-refractivity contribution in [3.63, 3.8) is 0 Å². The highest BCUT2D eigenvalue weighted by Crippen LogP contribution is 2.24. The van der Waals surface area contributed by atoms with Crippen molar-refractivity contribution in [1.29, 1.82) is 0 Å². The Labute approximate surface area is 112 Å². The van der Waals surface area contributed by atoms with Crippen molar-refractivity contribution in [2.75, 3.05) is 0 Å². The topological polar surface area (TPSA) is 32.3 Å². The van der Waals surface area contributed by atoms with E-state index in [4.69, 9.17) is 0 Å². The summed E-state index contributed by atoms with van der Waals surface area (Å²) in [7, 11) is 0. The van der Waals surface area contributed by atoms with Crippen molar-refractivity contribution in [2.24, 2.45) is 0 Å². The number of phenolic OH excluding ortho intramolecular Hbond substituents is 1. The number of aryl methyl sites for hydroxylation is 1. The zero-order chi connectivity index (χ0) is 13.8. The van der Waals surface area contributed by atoms with Gasteiger partial charge in [0, 0.05) is 24.2 Å². The van der Waals surface area contributed by atoms with Gasteiger partial charge in [-0.05, 0) is 25.5 Å². The first-order chi connectivity index (χ1) is 9.06. The summed E-state index contributed by atoms with van der Waals surface area (Å²) < 4.78 is 12.9. The Kier molecular flexibility index (Phi) is 4.17. The van der Waals surface area contributed by atoms with Crippen LogP contribution in [0.3, 0.4) is 0 Å². The van der Waals surface area contributed by atoms with Crippen molar-refractivity contribution in [2.45, 2.75) is 26.4 Å². The van der Waals surface area contributed by atoms with E-state index in [9.17, 15) is 9.50 Å². The smallest absolute Gasteiger partial charge is 0.126 e. The van der Waals surface area contributed by atoms with Gasteiger partial charge in [-0.1, -0.05) is 35.9 Å². The maximum absolute atomic E-state index is 12.9. The molecule has 0 fully saturated rings. The molecular formula is C16H18FNO. The normalized spacial score (nSPS) is 12.4. The van der Waals surface area contributed by atoms with Gasteiger partial charge in [-0.15, -0.1) is 0 Å². The molecule has 0 bridgehead atoms. The van der Waals surface area contributed by atoms with E-state index in [2.05, 4.69) is 30.4 Å². The molecule has 2 rings (SSSR count). The van der Waals surface area contributed by atoms with Crippen LogP contribution in [0, 0.1) is 12.7 Å². The van der Waals surface area contributed by atoms with Gasteiger partial charge in [0.25, 0.3) is 0 Å². The van der Waals surface area contributed by atoms with Crippen LogP contribution in [-0.2, 0) is 6.54 Å². The minimum atomic E-state index is -0.424. The SMILES string of the molecule is Cc1cccc(CNC(C)c2ccc(F)cc2O)c1. The van der Waals surface area contributed by atoms with Crippen molar-refractivity contribution in [3.8, 4) is 5.75 Å². The Balaban J connectivity index is 2.03. The van der Waals surface area contributed by atoms with Gasteiger partial charge in [0.15, 0.2) is 0 Å². The lowest BCUT2D eigenvalue weighted by Gasteiger charge is -2.16. The average Bonchev–Trinajstić information content (AvgIpc) is 2.36. The number of phenols is 1. The lowest BCUT2D eigenvalue weighted by molar-refractivity contribution is 0.446. The van der Waals surface area contributed by atoms with Crippen LogP contribution in [-0.4, -0.2) is 5.11 Å². The number of halogens is 1. The lowest BCUT2D eigenvalue weighted by Crippen LogP contribution is -2.18. The van der Waals surface area contributed by atoms with E-state index in [-0.39, 0.29) is 11.8 Å². The van der Waals surface area contributed by atoms with E-state index in [1.165, 1.54) is 17.2 Å². The molecule has 2 N–H and O–H groups in total. The molecule has 100 valence electrons. The molecule has 2 aromatic carbocycles. The number of aromatic hydroxyl groups is 1. The first-order valence-electron chi connectivity index (χ1n) is 6.33. The third kappa shape index (κ3) is 3.55. The zero-order valence-electron chi connectivity index (χ0n) is 11.2. The molecule has 0 spiro atoms. The second-order valence-corrected chi connectivity index (χ2v) is 4.79. The number of nitrogens with one attached hydrogen (secondary N) is 1. The molecule has 2 nitrogen and oxygen atoms in total. The first kappa shape index (κ1) is 13.6. The van der Waals surface area contributed by atoms with Crippen LogP contribution in [0.4, 0.5) is 4.39 Å². The molecule has 0 aliphatic rings. The van der Waals surface area contributed by atoms with Crippen molar-refractivity contribution in [3.05, 3.63) is 65.0 Å². The highest BCUT2D eigenvalue weighted by molar-refractivity contribution is 5.35. The van der Waals surface area contributed by atoms with Crippen molar-refractivity contribution < 1.29 is 9.50 Å². The molecule has 0 amide bonds. The van der Waals surface area contributed by atoms with Crippen molar-refractivity contribution >= 4 is 0 Å². The predicted molar refractivity (Wildman–Crippen MR) is 74.5 cm³/mol. The second kappa shape index (κ2) is 5.85. The van der Waals surface area contributed by atoms with Gasteiger partial charge < -0.3 is 10.4 Å². The van der Waals surface area contributed by atoms with E-state index in [1.54, 1.807) is 6.07 Å². The van der Waals surface area contributed by atoms with E-state index in [0.29, 0.717) is 12.1 Å². The van der Waals surface area contributed by atoms with Crippen LogP contribution in [0.1, 0.15) is 29.7 Å². The Hall–Kier alpha value is -1.87. The van der Waals surface area contributed by atoms with E-state index < -0.39 is 5.82 Å². The molecule has 0 aliphatic carbocycles. The quantitative estimate of drug-likeness (QED) is 0.877. The van der Waals surface area contributed by atoms with Crippen LogP contribution in [0.5, 0.6) is 5.75 Å². The molecule has 0 aliphatic heterocycles. The first-order valence-corrected chi connectivity index (χ1v) is 6.33. The molecule has 3 heteroatoms. The summed E-state index contributed by atoms with van der Waals surface area (Å²) in [6.07, 6.45) is 0. The van der Waals surface area contributed by atoms with Gasteiger partial charge >= 0.3 is 0 Å². The van der Waals surface area contributed by atoms with Gasteiger partial charge in [0.05, 0.1) is 0 Å². The molecule has 0 saturated heterocycles. The molecule has 2 aromatic rings. The van der Waals surface area contributed by atoms with Gasteiger partial charge in [-0.2, -0.15) is 0 Å². The fourth-order valence-electron chi connectivity index (χ4n) is 2.09. The molecule has 0 radical (unpaired) electrons. The van der Waals surface area contributed by atoms with Crippen molar-refractivity contribution in [1.82, 2.24) is 5.32 Å². The fraction of sp³-hybridized carbons (Fsp3) is 0.250. The maximum atomic E-state index is 12.9. The lowest BCUT2D eigenvalue weighted by atomic mass is 10.1. The molecule has 19 heavy (non-hydrogen) atoms. The number of benzene rings is 2. The third-order valence-electron chi connectivity index (χ3n) is 3.15. The Morgan fingerprint density at radius 2 is 2.00 bits per heavy atom. The van der Waals surface area contributed by atoms with Gasteiger partial charge in [0.2, 0.25) is 0 Å². The van der Waals surface area contributed by atoms with E-state index in [1.807, 2.05) is 13.0 Å². The molecule has 1 unspecified atom stereocenters. The summed E-state index contributed by atoms with van der Waals surface area (Å²) in [6, 6.07) is 12.3. The summed E-state index contributed by atoms with van der Waals surface area (Å²) in [5, 5.41) is 13.0. The second-order valence-electron chi connectivity index (χ2n) is 4.79. The summed E-state index contributed by atoms with van der Waals surface area (Å²) in [5.74, 6) is -0.434. The van der Waals surface area contributed by atoms with E-state index >= 15 is 0 Å². The summed E-state index contributed by atoms with van der Waals surface area (Å²) in [5.41, 5.74) is 3.11. The largest absolute Gasteiger partial charge is 0.508 e. The zero-order valence-corrected chi connectivity index (χ0v) is 11.2. The minimum absolute atomic E-state index is 0.00996. The maximum Gasteiger partial charge on any atom is 0.126 e. The van der Waals surface area contributed by atoms with Crippen LogP contribution in [0.2, 0.25) is 0 Å². The molecule has 0 saturated carbocycles. The molecule has 0 aromatic heterocycles. The summed E-state index contributed by atoms with van der Waals surface area (Å²) >= 11 is 0. The Morgan fingerprint density at radius 3 is 2.68 bits per heavy atom. The number of rotatable bonds is 4. The van der Waals surface area contributed by atoms with Crippen LogP contribution in [0.25, 0.3) is 0 Å². The molecular weight excluding hydrogens is 241 g/mol. The highest BCUT2D eigenvalue weighted by Gasteiger charge is 2.10. The van der Waals surface area contributed by atoms with Crippen LogP contribution >= 0.6 is 0 Å². The summed E-state index contributed by atoms with van der Waals surface area (Å²) in [4.78, 5) is 0. The van der Waals surface area contributed by atoms with Crippen LogP contribution in [0.15, 0.2) is 42.5 Å². The minimum Gasteiger partial charge on any atom is -0.508 e. The number of hydrogen-bond donors (Lipinski definition) is 2. The highest BCUT2D eigenvalue weighted by atomic mass is 19.1. The summed E-state index contributed by atoms with van der Waals surface area (Å²) in [6.45, 7) is 4.71. The third-order valence-corrected chi connectivity index (χ3v) is 3.15. The fourth-order valence-corrected chi connectivity index (χ4v) is 2.09. The Morgan fingerprint density at radius 1 is 1.21 bits per heavy atom. The van der Waals surface area contributed by atoms with Gasteiger partial charge in [0.1, 0.15) is 11.6 Å². The predicted octanol–water partition coefficient (Wildman–Crippen LogP) is 3.69. The van der Waals surface area contributed by atoms with Gasteiger partial charge in [-0.25, -0.2) is 4.39 Å². The Bertz CT molecular complexity index is 568. The molecule has 0 heterocycles. The average molecular weight is 259 g/mol. The molecule has 1 atom stereocenters. The van der Waals surface area contributed by atoms with Gasteiger partial charge in [-0.3, -0.25) is 0 Å². The van der Waals surface area contributed by atoms with E-state index in [0.717, 1.165) is 6.07 Å². The standard InChI is InChI=1S/C16H18FNO/c1-11-4-3-5-13(8-11)10-18-12(2)15-7-6-14(17)9-16(15)19/h3-9,12,18-19H,10H2,1-2H3. The monoisotopic (exact) mass is 259 g/mol. The number of hydrogen-bond acceptors (Lipinski definition) is 2. The van der Waals surface area contributed by atoms with Crippen LogP contribution < -0.4 is 5.32 Å².